The molecule has 1 heterocycles. The summed E-state index contributed by atoms with van der Waals surface area (Å²) >= 11 is 0. The van der Waals surface area contributed by atoms with E-state index < -0.39 is 5.60 Å². The summed E-state index contributed by atoms with van der Waals surface area (Å²) in [6.45, 7) is 1.69. The average Bonchev–Trinajstić information content (AvgIpc) is 2.78. The Bertz CT molecular complexity index is 522. The molecule has 2 aromatic rings. The van der Waals surface area contributed by atoms with E-state index in [-0.39, 0.29) is 18.8 Å². The van der Waals surface area contributed by atoms with Gasteiger partial charge in [-0.1, -0.05) is 5.16 Å². The average molecular weight is 251 g/mol. The molecular weight excluding hydrogens is 237 g/mol. The van der Waals surface area contributed by atoms with E-state index in [1.54, 1.807) is 19.1 Å². The first kappa shape index (κ1) is 12.7. The van der Waals surface area contributed by atoms with Crippen molar-refractivity contribution in [1.29, 1.82) is 0 Å². The standard InChI is InChI=1S/C12H14FN3O2/c1-12(17,7-14)6-10-15-11(16-18-10)8-2-4-9(13)5-3-8/h2-5,17H,6-7,14H2,1H3. The number of benzene rings is 1. The summed E-state index contributed by atoms with van der Waals surface area (Å²) in [6.07, 6.45) is 0.178. The molecule has 1 aromatic heterocycles. The first-order chi connectivity index (χ1) is 8.50. The van der Waals surface area contributed by atoms with Gasteiger partial charge in [0.1, 0.15) is 5.82 Å². The van der Waals surface area contributed by atoms with Crippen molar-refractivity contribution >= 4 is 0 Å². The molecule has 1 atom stereocenters. The van der Waals surface area contributed by atoms with Crippen LogP contribution in [0.3, 0.4) is 0 Å². The second-order valence-electron chi connectivity index (χ2n) is 4.40. The fourth-order valence-electron chi connectivity index (χ4n) is 1.44. The number of aromatic nitrogens is 2. The Kier molecular flexibility index (Phi) is 3.40. The van der Waals surface area contributed by atoms with Gasteiger partial charge >= 0.3 is 0 Å². The van der Waals surface area contributed by atoms with Gasteiger partial charge in [-0.3, -0.25) is 0 Å². The van der Waals surface area contributed by atoms with E-state index in [1.807, 2.05) is 0 Å². The van der Waals surface area contributed by atoms with Gasteiger partial charge in [0.25, 0.3) is 0 Å². The summed E-state index contributed by atoms with van der Waals surface area (Å²) in [5, 5.41) is 13.6. The minimum Gasteiger partial charge on any atom is -0.388 e. The molecule has 6 heteroatoms. The molecule has 0 aliphatic heterocycles. The van der Waals surface area contributed by atoms with Crippen LogP contribution in [0.15, 0.2) is 28.8 Å². The van der Waals surface area contributed by atoms with E-state index in [9.17, 15) is 9.50 Å². The van der Waals surface area contributed by atoms with Gasteiger partial charge in [0.05, 0.1) is 12.0 Å². The zero-order valence-corrected chi connectivity index (χ0v) is 9.93. The first-order valence-corrected chi connectivity index (χ1v) is 5.51. The van der Waals surface area contributed by atoms with E-state index in [1.165, 1.54) is 12.1 Å². The predicted molar refractivity (Wildman–Crippen MR) is 63.1 cm³/mol. The normalized spacial score (nSPS) is 14.4. The largest absolute Gasteiger partial charge is 0.388 e. The van der Waals surface area contributed by atoms with E-state index in [0.717, 1.165) is 0 Å². The maximum Gasteiger partial charge on any atom is 0.229 e. The summed E-state index contributed by atoms with van der Waals surface area (Å²) in [7, 11) is 0. The number of hydrogen-bond acceptors (Lipinski definition) is 5. The summed E-state index contributed by atoms with van der Waals surface area (Å²) in [5.41, 5.74) is 4.98. The van der Waals surface area contributed by atoms with Gasteiger partial charge in [0.2, 0.25) is 11.7 Å². The quantitative estimate of drug-likeness (QED) is 0.850. The Morgan fingerprint density at radius 2 is 2.06 bits per heavy atom. The molecule has 1 unspecified atom stereocenters. The van der Waals surface area contributed by atoms with Crippen LogP contribution in [0.2, 0.25) is 0 Å². The number of nitrogens with zero attached hydrogens (tertiary/aromatic N) is 2. The van der Waals surface area contributed by atoms with Crippen LogP contribution in [0.1, 0.15) is 12.8 Å². The number of nitrogens with two attached hydrogens (primary N) is 1. The van der Waals surface area contributed by atoms with Crippen molar-refractivity contribution in [2.24, 2.45) is 5.73 Å². The van der Waals surface area contributed by atoms with Crippen molar-refractivity contribution in [1.82, 2.24) is 10.1 Å². The third-order valence-corrected chi connectivity index (χ3v) is 2.54. The monoisotopic (exact) mass is 251 g/mol. The number of hydrogen-bond donors (Lipinski definition) is 2. The highest BCUT2D eigenvalue weighted by molar-refractivity contribution is 5.53. The molecule has 0 spiro atoms. The lowest BCUT2D eigenvalue weighted by Crippen LogP contribution is -2.36. The molecule has 0 radical (unpaired) electrons. The van der Waals surface area contributed by atoms with Crippen LogP contribution in [-0.2, 0) is 6.42 Å². The van der Waals surface area contributed by atoms with Gasteiger partial charge in [-0.25, -0.2) is 4.39 Å². The second-order valence-corrected chi connectivity index (χ2v) is 4.40. The van der Waals surface area contributed by atoms with Gasteiger partial charge in [0, 0.05) is 12.1 Å². The zero-order valence-electron chi connectivity index (χ0n) is 9.93. The molecule has 2 rings (SSSR count). The van der Waals surface area contributed by atoms with Gasteiger partial charge in [0.15, 0.2) is 0 Å². The molecule has 0 fully saturated rings. The molecule has 3 N–H and O–H groups in total. The predicted octanol–water partition coefficient (Wildman–Crippen LogP) is 1.13. The number of rotatable bonds is 4. The lowest BCUT2D eigenvalue weighted by Gasteiger charge is -2.17. The lowest BCUT2D eigenvalue weighted by atomic mass is 10.0. The lowest BCUT2D eigenvalue weighted by molar-refractivity contribution is 0.0610. The van der Waals surface area contributed by atoms with Crippen molar-refractivity contribution in [3.8, 4) is 11.4 Å². The SMILES string of the molecule is CC(O)(CN)Cc1nc(-c2ccc(F)cc2)no1. The smallest absolute Gasteiger partial charge is 0.229 e. The van der Waals surface area contributed by atoms with Crippen LogP contribution < -0.4 is 5.73 Å². The Morgan fingerprint density at radius 3 is 2.67 bits per heavy atom. The van der Waals surface area contributed by atoms with Crippen molar-refractivity contribution < 1.29 is 14.0 Å². The molecule has 0 amide bonds. The topological polar surface area (TPSA) is 85.2 Å². The minimum absolute atomic E-state index is 0.0985. The summed E-state index contributed by atoms with van der Waals surface area (Å²) < 4.78 is 17.8. The zero-order chi connectivity index (χ0) is 13.2. The second kappa shape index (κ2) is 4.83. The van der Waals surface area contributed by atoms with Crippen LogP contribution in [0.5, 0.6) is 0 Å². The van der Waals surface area contributed by atoms with E-state index in [0.29, 0.717) is 17.3 Å². The Labute approximate surface area is 103 Å². The van der Waals surface area contributed by atoms with Gasteiger partial charge in [-0.15, -0.1) is 0 Å². The van der Waals surface area contributed by atoms with Crippen molar-refractivity contribution in [3.05, 3.63) is 36.0 Å². The fourth-order valence-corrected chi connectivity index (χ4v) is 1.44. The van der Waals surface area contributed by atoms with Crippen LogP contribution in [0.4, 0.5) is 4.39 Å². The van der Waals surface area contributed by atoms with Gasteiger partial charge in [-0.2, -0.15) is 4.98 Å². The minimum atomic E-state index is -1.08. The summed E-state index contributed by atoms with van der Waals surface area (Å²) in [5.74, 6) is 0.330. The highest BCUT2D eigenvalue weighted by Crippen LogP contribution is 2.18. The summed E-state index contributed by atoms with van der Waals surface area (Å²) in [4.78, 5) is 4.13. The van der Waals surface area contributed by atoms with Crippen LogP contribution >= 0.6 is 0 Å². The Hall–Kier alpha value is -1.79. The number of halogens is 1. The third kappa shape index (κ3) is 2.91. The van der Waals surface area contributed by atoms with Crippen LogP contribution in [0, 0.1) is 5.82 Å². The third-order valence-electron chi connectivity index (χ3n) is 2.54. The highest BCUT2D eigenvalue weighted by atomic mass is 19.1. The Balaban J connectivity index is 2.18. The van der Waals surface area contributed by atoms with Crippen molar-refractivity contribution in [3.63, 3.8) is 0 Å². The number of aliphatic hydroxyl groups is 1. The molecule has 0 bridgehead atoms. The molecule has 18 heavy (non-hydrogen) atoms. The Morgan fingerprint density at radius 1 is 1.39 bits per heavy atom. The fraction of sp³-hybridized carbons (Fsp3) is 0.333. The molecule has 0 aliphatic rings. The molecule has 1 aromatic carbocycles. The van der Waals surface area contributed by atoms with Crippen LogP contribution in [-0.4, -0.2) is 27.4 Å². The van der Waals surface area contributed by atoms with E-state index >= 15 is 0 Å². The molecule has 0 saturated carbocycles. The molecule has 96 valence electrons. The van der Waals surface area contributed by atoms with Crippen molar-refractivity contribution in [2.75, 3.05) is 6.54 Å². The molecule has 5 nitrogen and oxygen atoms in total. The van der Waals surface area contributed by atoms with E-state index in [2.05, 4.69) is 10.1 Å². The first-order valence-electron chi connectivity index (χ1n) is 5.51. The maximum absolute atomic E-state index is 12.8. The molecule has 0 aliphatic carbocycles. The molecular formula is C12H14FN3O2. The highest BCUT2D eigenvalue weighted by Gasteiger charge is 2.22. The van der Waals surface area contributed by atoms with Gasteiger partial charge in [-0.05, 0) is 31.2 Å². The summed E-state index contributed by atoms with van der Waals surface area (Å²) in [6, 6.07) is 5.76. The maximum atomic E-state index is 12.8. The van der Waals surface area contributed by atoms with Gasteiger partial charge < -0.3 is 15.4 Å². The van der Waals surface area contributed by atoms with Crippen molar-refractivity contribution in [2.45, 2.75) is 18.9 Å². The van der Waals surface area contributed by atoms with Crippen LogP contribution in [0.25, 0.3) is 11.4 Å². The molecule has 0 saturated heterocycles. The van der Waals surface area contributed by atoms with E-state index in [4.69, 9.17) is 10.3 Å².